The number of nitrogens with one attached hydrogen (secondary N) is 1. The fourth-order valence-electron chi connectivity index (χ4n) is 4.18. The lowest BCUT2D eigenvalue weighted by atomic mass is 9.98. The Kier molecular flexibility index (Phi) is 6.60. The highest BCUT2D eigenvalue weighted by Gasteiger charge is 2.23. The summed E-state index contributed by atoms with van der Waals surface area (Å²) in [6, 6.07) is 9.67. The normalized spacial score (nSPS) is 14.3. The van der Waals surface area contributed by atoms with Crippen molar-refractivity contribution in [1.29, 1.82) is 0 Å². The lowest BCUT2D eigenvalue weighted by Crippen LogP contribution is -2.36. The molecular formula is C25H25F2N7O. The number of ether oxygens (including phenoxy) is 1. The minimum atomic E-state index is -0.730. The molecule has 0 atom stereocenters. The van der Waals surface area contributed by atoms with Gasteiger partial charge in [0.2, 0.25) is 11.8 Å². The second-order valence-corrected chi connectivity index (χ2v) is 8.57. The number of aromatic nitrogens is 6. The van der Waals surface area contributed by atoms with Crippen molar-refractivity contribution in [3.63, 3.8) is 0 Å². The van der Waals surface area contributed by atoms with Gasteiger partial charge in [0.1, 0.15) is 0 Å². The third-order valence-corrected chi connectivity index (χ3v) is 6.26. The van der Waals surface area contributed by atoms with Crippen molar-refractivity contribution in [3.05, 3.63) is 66.0 Å². The van der Waals surface area contributed by atoms with E-state index < -0.39 is 11.6 Å². The Morgan fingerprint density at radius 3 is 2.37 bits per heavy atom. The summed E-state index contributed by atoms with van der Waals surface area (Å²) < 4.78 is 35.3. The van der Waals surface area contributed by atoms with Crippen LogP contribution < -0.4 is 9.64 Å². The van der Waals surface area contributed by atoms with Crippen molar-refractivity contribution in [1.82, 2.24) is 30.6 Å². The molecule has 0 unspecified atom stereocenters. The Balaban J connectivity index is 1.21. The van der Waals surface area contributed by atoms with Gasteiger partial charge in [-0.1, -0.05) is 25.1 Å². The second kappa shape index (κ2) is 10.1. The monoisotopic (exact) mass is 477 g/mol. The zero-order chi connectivity index (χ0) is 24.2. The lowest BCUT2D eigenvalue weighted by Gasteiger charge is -2.31. The number of H-pyrrole nitrogens is 1. The van der Waals surface area contributed by atoms with Gasteiger partial charge in [0.05, 0.1) is 6.61 Å². The van der Waals surface area contributed by atoms with Crippen LogP contribution in [0.5, 0.6) is 5.75 Å². The molecule has 35 heavy (non-hydrogen) atoms. The number of rotatable bonds is 7. The summed E-state index contributed by atoms with van der Waals surface area (Å²) >= 11 is 0. The van der Waals surface area contributed by atoms with Gasteiger partial charge in [0.25, 0.3) is 0 Å². The number of anilines is 1. The van der Waals surface area contributed by atoms with Crippen LogP contribution in [-0.2, 0) is 6.42 Å². The molecule has 0 bridgehead atoms. The Bertz CT molecular complexity index is 1250. The first-order valence-electron chi connectivity index (χ1n) is 11.6. The zero-order valence-corrected chi connectivity index (χ0v) is 19.3. The van der Waals surface area contributed by atoms with Crippen LogP contribution in [0.2, 0.25) is 0 Å². The molecule has 1 saturated heterocycles. The fraction of sp³-hybridized carbons (Fsp3) is 0.320. The molecule has 0 amide bonds. The molecule has 2 aromatic carbocycles. The molecule has 0 saturated carbocycles. The molecular weight excluding hydrogens is 452 g/mol. The molecule has 1 N–H and O–H groups in total. The van der Waals surface area contributed by atoms with E-state index in [0.717, 1.165) is 43.9 Å². The van der Waals surface area contributed by atoms with Crippen LogP contribution in [0.4, 0.5) is 14.7 Å². The Morgan fingerprint density at radius 2 is 1.71 bits per heavy atom. The van der Waals surface area contributed by atoms with Gasteiger partial charge in [-0.3, -0.25) is 0 Å². The van der Waals surface area contributed by atoms with E-state index >= 15 is 0 Å². The summed E-state index contributed by atoms with van der Waals surface area (Å²) in [4.78, 5) is 11.0. The minimum absolute atomic E-state index is 0.200. The van der Waals surface area contributed by atoms with E-state index in [-0.39, 0.29) is 18.3 Å². The summed E-state index contributed by atoms with van der Waals surface area (Å²) in [6.07, 6.45) is 6.29. The topological polar surface area (TPSA) is 92.7 Å². The van der Waals surface area contributed by atoms with E-state index in [1.54, 1.807) is 24.3 Å². The van der Waals surface area contributed by atoms with Crippen molar-refractivity contribution in [3.8, 4) is 28.3 Å². The number of hydrogen-bond donors (Lipinski definition) is 1. The predicted octanol–water partition coefficient (Wildman–Crippen LogP) is 4.46. The predicted molar refractivity (Wildman–Crippen MR) is 127 cm³/mol. The lowest BCUT2D eigenvalue weighted by molar-refractivity contribution is 0.207. The molecule has 0 radical (unpaired) electrons. The maximum Gasteiger partial charge on any atom is 0.225 e. The maximum absolute atomic E-state index is 14.8. The zero-order valence-electron chi connectivity index (χ0n) is 19.3. The molecule has 0 aliphatic carbocycles. The van der Waals surface area contributed by atoms with Crippen LogP contribution in [-0.4, -0.2) is 50.3 Å². The van der Waals surface area contributed by atoms with Crippen molar-refractivity contribution < 1.29 is 13.5 Å². The minimum Gasteiger partial charge on any atom is -0.487 e. The summed E-state index contributed by atoms with van der Waals surface area (Å²) in [5.41, 5.74) is 2.83. The van der Waals surface area contributed by atoms with Crippen LogP contribution in [0.25, 0.3) is 22.5 Å². The number of aromatic amines is 1. The van der Waals surface area contributed by atoms with Crippen molar-refractivity contribution >= 4 is 5.95 Å². The molecule has 10 heteroatoms. The number of nitrogens with zero attached hydrogens (tertiary/aromatic N) is 6. The molecule has 2 aromatic heterocycles. The van der Waals surface area contributed by atoms with Crippen LogP contribution in [0.1, 0.15) is 25.3 Å². The number of tetrazole rings is 1. The van der Waals surface area contributed by atoms with Crippen molar-refractivity contribution in [2.75, 3.05) is 24.6 Å². The van der Waals surface area contributed by atoms with Crippen LogP contribution >= 0.6 is 0 Å². The molecule has 4 aromatic rings. The van der Waals surface area contributed by atoms with E-state index in [4.69, 9.17) is 4.74 Å². The van der Waals surface area contributed by atoms with Gasteiger partial charge < -0.3 is 9.64 Å². The summed E-state index contributed by atoms with van der Waals surface area (Å²) in [6.45, 7) is 3.88. The maximum atomic E-state index is 14.8. The SMILES string of the molecule is CCc1cnc(N2CCC(COc3c(F)cc(-c4cccc(-c5nn[nH]n5)c4)cc3F)CC2)nc1. The van der Waals surface area contributed by atoms with Crippen LogP contribution in [0.15, 0.2) is 48.8 Å². The van der Waals surface area contributed by atoms with Gasteiger partial charge in [-0.2, -0.15) is 5.21 Å². The largest absolute Gasteiger partial charge is 0.487 e. The first-order chi connectivity index (χ1) is 17.1. The highest BCUT2D eigenvalue weighted by atomic mass is 19.1. The van der Waals surface area contributed by atoms with Crippen LogP contribution in [0, 0.1) is 17.6 Å². The summed E-state index contributed by atoms with van der Waals surface area (Å²) in [7, 11) is 0. The third kappa shape index (κ3) is 5.11. The molecule has 1 aliphatic heterocycles. The first kappa shape index (κ1) is 22.8. The number of hydrogen-bond acceptors (Lipinski definition) is 7. The van der Waals surface area contributed by atoms with Gasteiger partial charge in [-0.25, -0.2) is 18.7 Å². The van der Waals surface area contributed by atoms with Gasteiger partial charge in [-0.05, 0) is 65.3 Å². The number of benzene rings is 2. The summed E-state index contributed by atoms with van der Waals surface area (Å²) in [5.74, 6) is -0.477. The number of piperidine rings is 1. The highest BCUT2D eigenvalue weighted by Crippen LogP contribution is 2.31. The standard InChI is InChI=1S/C25H25F2N7O/c1-2-16-13-28-25(29-14-16)34-8-6-17(7-9-34)15-35-23-21(26)11-20(12-22(23)27)18-4-3-5-19(10-18)24-30-32-33-31-24/h3-5,10-14,17H,2,6-9,15H2,1H3,(H,30,31,32,33). The average Bonchev–Trinajstić information content (AvgIpc) is 3.44. The Morgan fingerprint density at radius 1 is 1.00 bits per heavy atom. The molecule has 5 rings (SSSR count). The molecule has 1 fully saturated rings. The van der Waals surface area contributed by atoms with E-state index in [0.29, 0.717) is 22.5 Å². The van der Waals surface area contributed by atoms with E-state index in [1.807, 2.05) is 12.4 Å². The van der Waals surface area contributed by atoms with Gasteiger partial charge in [0.15, 0.2) is 17.4 Å². The summed E-state index contributed by atoms with van der Waals surface area (Å²) in [5, 5.41) is 13.8. The van der Waals surface area contributed by atoms with Gasteiger partial charge in [0, 0.05) is 31.0 Å². The molecule has 8 nitrogen and oxygen atoms in total. The van der Waals surface area contributed by atoms with E-state index in [2.05, 4.69) is 42.4 Å². The smallest absolute Gasteiger partial charge is 0.225 e. The molecule has 180 valence electrons. The quantitative estimate of drug-likeness (QED) is 0.420. The third-order valence-electron chi connectivity index (χ3n) is 6.26. The van der Waals surface area contributed by atoms with Crippen molar-refractivity contribution in [2.24, 2.45) is 5.92 Å². The van der Waals surface area contributed by atoms with Crippen molar-refractivity contribution in [2.45, 2.75) is 26.2 Å². The fourth-order valence-corrected chi connectivity index (χ4v) is 4.18. The molecule has 1 aliphatic rings. The number of halogens is 2. The number of aryl methyl sites for hydroxylation is 1. The Labute approximate surface area is 201 Å². The first-order valence-corrected chi connectivity index (χ1v) is 11.6. The second-order valence-electron chi connectivity index (χ2n) is 8.57. The van der Waals surface area contributed by atoms with E-state index in [1.165, 1.54) is 12.1 Å². The molecule has 0 spiro atoms. The Hall–Kier alpha value is -3.95. The van der Waals surface area contributed by atoms with Gasteiger partial charge in [-0.15, -0.1) is 10.2 Å². The highest BCUT2D eigenvalue weighted by molar-refractivity contribution is 5.70. The van der Waals surface area contributed by atoms with Crippen LogP contribution in [0.3, 0.4) is 0 Å². The van der Waals surface area contributed by atoms with E-state index in [9.17, 15) is 8.78 Å². The van der Waals surface area contributed by atoms with Gasteiger partial charge >= 0.3 is 0 Å². The average molecular weight is 478 g/mol. The molecule has 3 heterocycles.